The fourth-order valence-electron chi connectivity index (χ4n) is 2.49. The van der Waals surface area contributed by atoms with Gasteiger partial charge in [-0.1, -0.05) is 18.2 Å². The molecule has 1 heterocycles. The standard InChI is InChI=1S/C14H20N2O2S2/c1-3-16(12-8-9-20(17,18)10-12)14(19)15-13-7-5-4-6-11(13)2/h4-7,12H,3,8-10H2,1-2H3,(H,15,19)/t12-/m0/s1. The molecule has 0 saturated carbocycles. The number of sulfone groups is 1. The molecule has 1 saturated heterocycles. The number of hydrogen-bond acceptors (Lipinski definition) is 3. The van der Waals surface area contributed by atoms with Gasteiger partial charge in [-0.15, -0.1) is 0 Å². The number of rotatable bonds is 3. The van der Waals surface area contributed by atoms with Crippen molar-refractivity contribution in [2.24, 2.45) is 0 Å². The summed E-state index contributed by atoms with van der Waals surface area (Å²) in [5.41, 5.74) is 2.08. The van der Waals surface area contributed by atoms with E-state index < -0.39 is 9.84 Å². The van der Waals surface area contributed by atoms with Crippen molar-refractivity contribution in [2.45, 2.75) is 26.3 Å². The van der Waals surface area contributed by atoms with Crippen molar-refractivity contribution in [3.63, 3.8) is 0 Å². The Kier molecular flexibility index (Phi) is 4.65. The van der Waals surface area contributed by atoms with Crippen molar-refractivity contribution < 1.29 is 8.42 Å². The molecule has 0 aliphatic carbocycles. The van der Waals surface area contributed by atoms with Gasteiger partial charge < -0.3 is 10.2 Å². The van der Waals surface area contributed by atoms with Crippen LogP contribution in [0.25, 0.3) is 0 Å². The maximum atomic E-state index is 11.6. The van der Waals surface area contributed by atoms with Crippen molar-refractivity contribution in [2.75, 3.05) is 23.4 Å². The summed E-state index contributed by atoms with van der Waals surface area (Å²) in [7, 11) is -2.89. The Labute approximate surface area is 126 Å². The molecule has 20 heavy (non-hydrogen) atoms. The third kappa shape index (κ3) is 3.49. The van der Waals surface area contributed by atoms with Gasteiger partial charge in [0.15, 0.2) is 14.9 Å². The Bertz CT molecular complexity index is 599. The van der Waals surface area contributed by atoms with E-state index in [-0.39, 0.29) is 17.5 Å². The molecule has 0 aromatic heterocycles. The van der Waals surface area contributed by atoms with Gasteiger partial charge in [0.2, 0.25) is 0 Å². The quantitative estimate of drug-likeness (QED) is 0.867. The first-order chi connectivity index (χ1) is 9.43. The van der Waals surface area contributed by atoms with E-state index in [4.69, 9.17) is 12.2 Å². The van der Waals surface area contributed by atoms with Crippen molar-refractivity contribution in [1.29, 1.82) is 0 Å². The van der Waals surface area contributed by atoms with E-state index in [1.54, 1.807) is 0 Å². The van der Waals surface area contributed by atoms with Gasteiger partial charge in [-0.3, -0.25) is 0 Å². The molecule has 1 atom stereocenters. The van der Waals surface area contributed by atoms with Crippen LogP contribution in [0, 0.1) is 6.92 Å². The predicted octanol–water partition coefficient (Wildman–Crippen LogP) is 2.20. The van der Waals surface area contributed by atoms with Crippen LogP contribution in [0.4, 0.5) is 5.69 Å². The number of aryl methyl sites for hydroxylation is 1. The van der Waals surface area contributed by atoms with Crippen LogP contribution in [-0.4, -0.2) is 42.5 Å². The summed E-state index contributed by atoms with van der Waals surface area (Å²) in [5, 5.41) is 3.83. The molecule has 2 rings (SSSR count). The minimum absolute atomic E-state index is 0.00554. The third-order valence-corrected chi connectivity index (χ3v) is 5.72. The zero-order valence-electron chi connectivity index (χ0n) is 11.8. The molecular weight excluding hydrogens is 292 g/mol. The molecule has 0 bridgehead atoms. The summed E-state index contributed by atoms with van der Waals surface area (Å²) in [6, 6.07) is 7.91. The van der Waals surface area contributed by atoms with Gasteiger partial charge in [0.1, 0.15) is 0 Å². The number of anilines is 1. The Morgan fingerprint density at radius 1 is 1.45 bits per heavy atom. The summed E-state index contributed by atoms with van der Waals surface area (Å²) < 4.78 is 23.2. The first-order valence-electron chi connectivity index (χ1n) is 6.76. The summed E-state index contributed by atoms with van der Waals surface area (Å²) in [6.07, 6.45) is 0.658. The highest BCUT2D eigenvalue weighted by molar-refractivity contribution is 7.91. The monoisotopic (exact) mass is 312 g/mol. The molecule has 1 aliphatic rings. The second-order valence-electron chi connectivity index (χ2n) is 5.09. The fourth-order valence-corrected chi connectivity index (χ4v) is 4.61. The Hall–Kier alpha value is -1.14. The van der Waals surface area contributed by atoms with Gasteiger partial charge in [-0.25, -0.2) is 8.42 Å². The number of nitrogens with zero attached hydrogens (tertiary/aromatic N) is 1. The van der Waals surface area contributed by atoms with E-state index in [9.17, 15) is 8.42 Å². The van der Waals surface area contributed by atoms with Crippen molar-refractivity contribution in [3.8, 4) is 0 Å². The summed E-state index contributed by atoms with van der Waals surface area (Å²) >= 11 is 5.45. The lowest BCUT2D eigenvalue weighted by Gasteiger charge is -2.30. The summed E-state index contributed by atoms with van der Waals surface area (Å²) in [6.45, 7) is 4.72. The number of thiocarbonyl (C=S) groups is 1. The van der Waals surface area contributed by atoms with E-state index in [1.807, 2.05) is 43.0 Å². The number of nitrogens with one attached hydrogen (secondary N) is 1. The van der Waals surface area contributed by atoms with Gasteiger partial charge >= 0.3 is 0 Å². The molecule has 1 aromatic rings. The van der Waals surface area contributed by atoms with Gasteiger partial charge in [-0.2, -0.15) is 0 Å². The van der Waals surface area contributed by atoms with Crippen molar-refractivity contribution >= 4 is 32.9 Å². The average molecular weight is 312 g/mol. The second kappa shape index (κ2) is 6.10. The lowest BCUT2D eigenvalue weighted by Crippen LogP contribution is -2.43. The highest BCUT2D eigenvalue weighted by atomic mass is 32.2. The minimum Gasteiger partial charge on any atom is -0.345 e. The van der Waals surface area contributed by atoms with E-state index >= 15 is 0 Å². The zero-order chi connectivity index (χ0) is 14.8. The van der Waals surface area contributed by atoms with Crippen molar-refractivity contribution in [3.05, 3.63) is 29.8 Å². The van der Waals surface area contributed by atoms with Crippen LogP contribution < -0.4 is 5.32 Å². The van der Waals surface area contributed by atoms with Crippen LogP contribution in [0.2, 0.25) is 0 Å². The smallest absolute Gasteiger partial charge is 0.173 e. The number of hydrogen-bond donors (Lipinski definition) is 1. The highest BCUT2D eigenvalue weighted by Gasteiger charge is 2.32. The maximum absolute atomic E-state index is 11.6. The molecule has 0 spiro atoms. The van der Waals surface area contributed by atoms with Crippen LogP contribution in [0.1, 0.15) is 18.9 Å². The predicted molar refractivity (Wildman–Crippen MR) is 86.8 cm³/mol. The minimum atomic E-state index is -2.89. The SMILES string of the molecule is CCN(C(=S)Nc1ccccc1C)[C@H]1CCS(=O)(=O)C1. The molecule has 1 aromatic carbocycles. The highest BCUT2D eigenvalue weighted by Crippen LogP contribution is 2.20. The van der Waals surface area contributed by atoms with E-state index in [0.717, 1.165) is 11.3 Å². The van der Waals surface area contributed by atoms with Crippen LogP contribution in [-0.2, 0) is 9.84 Å². The topological polar surface area (TPSA) is 49.4 Å². The van der Waals surface area contributed by atoms with Crippen LogP contribution in [0.3, 0.4) is 0 Å². The molecular formula is C14H20N2O2S2. The third-order valence-electron chi connectivity index (χ3n) is 3.64. The van der Waals surface area contributed by atoms with Gasteiger partial charge in [-0.05, 0) is 44.1 Å². The first kappa shape index (κ1) is 15.3. The largest absolute Gasteiger partial charge is 0.345 e. The maximum Gasteiger partial charge on any atom is 0.173 e. The first-order valence-corrected chi connectivity index (χ1v) is 8.99. The molecule has 6 heteroatoms. The van der Waals surface area contributed by atoms with E-state index in [2.05, 4.69) is 5.32 Å². The van der Waals surface area contributed by atoms with Gasteiger partial charge in [0.05, 0.1) is 11.5 Å². The second-order valence-corrected chi connectivity index (χ2v) is 7.70. The molecule has 0 unspecified atom stereocenters. The molecule has 1 aliphatic heterocycles. The van der Waals surface area contributed by atoms with Crippen molar-refractivity contribution in [1.82, 2.24) is 4.90 Å². The van der Waals surface area contributed by atoms with E-state index in [1.165, 1.54) is 0 Å². The van der Waals surface area contributed by atoms with Crippen LogP contribution in [0.5, 0.6) is 0 Å². The Morgan fingerprint density at radius 2 is 2.15 bits per heavy atom. The molecule has 110 valence electrons. The number of para-hydroxylation sites is 1. The summed E-state index contributed by atoms with van der Waals surface area (Å²) in [5.74, 6) is 0.470. The summed E-state index contributed by atoms with van der Waals surface area (Å²) in [4.78, 5) is 1.98. The average Bonchev–Trinajstić information content (AvgIpc) is 2.73. The Balaban J connectivity index is 2.09. The normalized spacial score (nSPS) is 20.6. The molecule has 1 fully saturated rings. The Morgan fingerprint density at radius 3 is 2.70 bits per heavy atom. The zero-order valence-corrected chi connectivity index (χ0v) is 13.4. The van der Waals surface area contributed by atoms with Gasteiger partial charge in [0.25, 0.3) is 0 Å². The molecule has 0 radical (unpaired) electrons. The lowest BCUT2D eigenvalue weighted by molar-refractivity contribution is 0.355. The van der Waals surface area contributed by atoms with E-state index in [0.29, 0.717) is 18.1 Å². The number of benzene rings is 1. The lowest BCUT2D eigenvalue weighted by atomic mass is 10.2. The molecule has 0 amide bonds. The fraction of sp³-hybridized carbons (Fsp3) is 0.500. The van der Waals surface area contributed by atoms with Crippen LogP contribution >= 0.6 is 12.2 Å². The molecule has 4 nitrogen and oxygen atoms in total. The van der Waals surface area contributed by atoms with Gasteiger partial charge in [0, 0.05) is 18.3 Å². The molecule has 1 N–H and O–H groups in total. The van der Waals surface area contributed by atoms with Crippen LogP contribution in [0.15, 0.2) is 24.3 Å².